The van der Waals surface area contributed by atoms with Gasteiger partial charge in [-0.2, -0.15) is 0 Å². The predicted molar refractivity (Wildman–Crippen MR) is 111 cm³/mol. The number of carbonyl (C=O) groups excluding carboxylic acids is 3. The quantitative estimate of drug-likeness (QED) is 0.465. The van der Waals surface area contributed by atoms with Crippen molar-refractivity contribution in [2.75, 3.05) is 5.32 Å². The van der Waals surface area contributed by atoms with Gasteiger partial charge in [0.05, 0.1) is 17.4 Å². The normalized spacial score (nSPS) is 11.7. The van der Waals surface area contributed by atoms with Crippen molar-refractivity contribution in [3.63, 3.8) is 0 Å². The van der Waals surface area contributed by atoms with Gasteiger partial charge in [-0.3, -0.25) is 28.3 Å². The summed E-state index contributed by atoms with van der Waals surface area (Å²) < 4.78 is 1.99. The molecule has 0 aliphatic rings. The zero-order valence-electron chi connectivity index (χ0n) is 16.9. The summed E-state index contributed by atoms with van der Waals surface area (Å²) in [6.07, 6.45) is 1.10. The van der Waals surface area contributed by atoms with E-state index in [9.17, 15) is 24.0 Å². The zero-order valence-corrected chi connectivity index (χ0v) is 16.9. The van der Waals surface area contributed by atoms with Crippen LogP contribution in [0.4, 0.5) is 5.69 Å². The van der Waals surface area contributed by atoms with Crippen LogP contribution < -0.4 is 27.6 Å². The van der Waals surface area contributed by atoms with E-state index in [1.54, 1.807) is 12.1 Å². The smallest absolute Gasteiger partial charge is 0.332 e. The molecular weight excluding hydrogens is 406 g/mol. The Hall–Kier alpha value is -4.35. The van der Waals surface area contributed by atoms with E-state index in [1.165, 1.54) is 33.2 Å². The Balaban J connectivity index is 1.82. The van der Waals surface area contributed by atoms with Crippen molar-refractivity contribution in [1.29, 1.82) is 0 Å². The van der Waals surface area contributed by atoms with Crippen LogP contribution in [0.5, 0.6) is 0 Å². The molecule has 0 saturated carbocycles. The summed E-state index contributed by atoms with van der Waals surface area (Å²) >= 11 is 0. The van der Waals surface area contributed by atoms with Crippen molar-refractivity contribution >= 4 is 34.6 Å². The molecule has 0 saturated heterocycles. The number of fused-ring (bicyclic) bond motifs is 1. The summed E-state index contributed by atoms with van der Waals surface area (Å²) in [5, 5.41) is 4.97. The average molecular weight is 425 g/mol. The number of nitrogens with zero attached hydrogens (tertiary/aromatic N) is 4. The minimum Gasteiger partial charge on any atom is -0.366 e. The number of primary amides is 1. The third-order valence-corrected chi connectivity index (χ3v) is 4.58. The summed E-state index contributed by atoms with van der Waals surface area (Å²) in [5.41, 5.74) is 3.99. The monoisotopic (exact) mass is 425 g/mol. The Morgan fingerprint density at radius 2 is 1.77 bits per heavy atom. The Labute approximate surface area is 174 Å². The van der Waals surface area contributed by atoms with E-state index < -0.39 is 35.0 Å². The molecule has 3 aromatic rings. The molecule has 0 radical (unpaired) electrons. The van der Waals surface area contributed by atoms with Crippen LogP contribution in [0.15, 0.2) is 40.1 Å². The highest BCUT2D eigenvalue weighted by Crippen LogP contribution is 2.14. The van der Waals surface area contributed by atoms with Crippen molar-refractivity contribution in [2.24, 2.45) is 19.8 Å². The minimum absolute atomic E-state index is 0.0264. The Morgan fingerprint density at radius 3 is 2.45 bits per heavy atom. The highest BCUT2D eigenvalue weighted by Gasteiger charge is 2.21. The first kappa shape index (κ1) is 21.4. The van der Waals surface area contributed by atoms with Crippen molar-refractivity contribution < 1.29 is 14.4 Å². The molecule has 3 rings (SSSR count). The molecule has 3 amide bonds. The SMILES string of the molecule is C[C@H](NC(=O)c1cnc2c(n1)c(=O)n(C)c(=O)n2C)C(=O)Nc1ccccc1C(N)=O. The van der Waals surface area contributed by atoms with Crippen LogP contribution in [0.3, 0.4) is 0 Å². The van der Waals surface area contributed by atoms with Gasteiger partial charge in [-0.25, -0.2) is 14.8 Å². The molecule has 1 aromatic carbocycles. The maximum Gasteiger partial charge on any atom is 0.332 e. The highest BCUT2D eigenvalue weighted by atomic mass is 16.2. The maximum atomic E-state index is 12.5. The lowest BCUT2D eigenvalue weighted by molar-refractivity contribution is -0.117. The lowest BCUT2D eigenvalue weighted by Crippen LogP contribution is -2.42. The first-order valence-electron chi connectivity index (χ1n) is 9.05. The van der Waals surface area contributed by atoms with E-state index in [-0.39, 0.29) is 28.1 Å². The first-order chi connectivity index (χ1) is 14.6. The van der Waals surface area contributed by atoms with Crippen LogP contribution >= 0.6 is 0 Å². The molecule has 1 atom stereocenters. The number of aryl methyl sites for hydroxylation is 1. The van der Waals surface area contributed by atoms with Crippen LogP contribution in [0.1, 0.15) is 27.8 Å². The van der Waals surface area contributed by atoms with Crippen molar-refractivity contribution in [1.82, 2.24) is 24.4 Å². The molecule has 0 fully saturated rings. The minimum atomic E-state index is -1.02. The maximum absolute atomic E-state index is 12.5. The molecule has 0 spiro atoms. The zero-order chi connectivity index (χ0) is 22.9. The fourth-order valence-electron chi connectivity index (χ4n) is 2.83. The van der Waals surface area contributed by atoms with E-state index >= 15 is 0 Å². The van der Waals surface area contributed by atoms with Gasteiger partial charge in [-0.05, 0) is 19.1 Å². The van der Waals surface area contributed by atoms with Crippen LogP contribution in [-0.4, -0.2) is 42.9 Å². The second-order valence-electron chi connectivity index (χ2n) is 6.73. The van der Waals surface area contributed by atoms with E-state index in [1.807, 2.05) is 0 Å². The summed E-state index contributed by atoms with van der Waals surface area (Å²) in [5.74, 6) is -2.07. The van der Waals surface area contributed by atoms with E-state index in [0.717, 1.165) is 15.3 Å². The number of benzene rings is 1. The van der Waals surface area contributed by atoms with Gasteiger partial charge in [0, 0.05) is 14.1 Å². The largest absolute Gasteiger partial charge is 0.366 e. The van der Waals surface area contributed by atoms with Gasteiger partial charge >= 0.3 is 5.69 Å². The second kappa shape index (κ2) is 8.18. The number of anilines is 1. The van der Waals surface area contributed by atoms with Gasteiger partial charge in [0.25, 0.3) is 17.4 Å². The summed E-state index contributed by atoms with van der Waals surface area (Å²) in [4.78, 5) is 68.7. The van der Waals surface area contributed by atoms with Gasteiger partial charge in [-0.15, -0.1) is 0 Å². The van der Waals surface area contributed by atoms with Gasteiger partial charge in [0.15, 0.2) is 11.2 Å². The number of nitrogens with one attached hydrogen (secondary N) is 2. The molecule has 12 heteroatoms. The molecule has 2 aromatic heterocycles. The molecule has 31 heavy (non-hydrogen) atoms. The van der Waals surface area contributed by atoms with E-state index in [2.05, 4.69) is 20.6 Å². The second-order valence-corrected chi connectivity index (χ2v) is 6.73. The molecule has 2 heterocycles. The van der Waals surface area contributed by atoms with E-state index in [4.69, 9.17) is 5.73 Å². The number of aromatic nitrogens is 4. The molecular formula is C19H19N7O5. The Kier molecular flexibility index (Phi) is 5.64. The molecule has 0 bridgehead atoms. The van der Waals surface area contributed by atoms with Crippen LogP contribution in [0, 0.1) is 0 Å². The van der Waals surface area contributed by atoms with Gasteiger partial charge in [0.1, 0.15) is 11.7 Å². The third-order valence-electron chi connectivity index (χ3n) is 4.58. The van der Waals surface area contributed by atoms with Gasteiger partial charge in [-0.1, -0.05) is 12.1 Å². The number of rotatable bonds is 5. The van der Waals surface area contributed by atoms with Crippen LogP contribution in [0.2, 0.25) is 0 Å². The number of hydrogen-bond donors (Lipinski definition) is 3. The Morgan fingerprint density at radius 1 is 1.10 bits per heavy atom. The van der Waals surface area contributed by atoms with E-state index in [0.29, 0.717) is 0 Å². The molecule has 4 N–H and O–H groups in total. The topological polar surface area (TPSA) is 171 Å². The van der Waals surface area contributed by atoms with Crippen molar-refractivity contribution in [3.05, 3.63) is 62.6 Å². The van der Waals surface area contributed by atoms with Crippen LogP contribution in [0.25, 0.3) is 11.2 Å². The lowest BCUT2D eigenvalue weighted by Gasteiger charge is -2.15. The highest BCUT2D eigenvalue weighted by molar-refractivity contribution is 6.05. The third kappa shape index (κ3) is 4.03. The van der Waals surface area contributed by atoms with Crippen LogP contribution in [-0.2, 0) is 18.9 Å². The van der Waals surface area contributed by atoms with Gasteiger partial charge < -0.3 is 16.4 Å². The van der Waals surface area contributed by atoms with Crippen molar-refractivity contribution in [3.8, 4) is 0 Å². The van der Waals surface area contributed by atoms with Gasteiger partial charge in [0.2, 0.25) is 5.91 Å². The number of para-hydroxylation sites is 1. The molecule has 0 aliphatic heterocycles. The molecule has 0 unspecified atom stereocenters. The predicted octanol–water partition coefficient (Wildman–Crippen LogP) is -1.12. The molecule has 12 nitrogen and oxygen atoms in total. The standard InChI is InChI=1S/C19H19N7O5/c1-9(16(28)24-11-7-5-4-6-10(11)14(20)27)22-17(29)12-8-21-15-13(23-12)18(30)26(3)19(31)25(15)2/h4-9H,1-3H3,(H2,20,27)(H,22,29)(H,24,28)/t9-/m0/s1. The fourth-order valence-corrected chi connectivity index (χ4v) is 2.83. The Bertz CT molecular complexity index is 1340. The fraction of sp³-hybridized carbons (Fsp3) is 0.211. The number of nitrogens with two attached hydrogens (primary N) is 1. The summed E-state index contributed by atoms with van der Waals surface area (Å²) in [7, 11) is 2.71. The number of amides is 3. The lowest BCUT2D eigenvalue weighted by atomic mass is 10.1. The van der Waals surface area contributed by atoms with Crippen molar-refractivity contribution in [2.45, 2.75) is 13.0 Å². The molecule has 160 valence electrons. The number of hydrogen-bond acceptors (Lipinski definition) is 7. The summed E-state index contributed by atoms with van der Waals surface area (Å²) in [6, 6.07) is 5.15. The number of carbonyl (C=O) groups is 3. The molecule has 0 aliphatic carbocycles. The summed E-state index contributed by atoms with van der Waals surface area (Å²) in [6.45, 7) is 1.43. The average Bonchev–Trinajstić information content (AvgIpc) is 2.75. The first-order valence-corrected chi connectivity index (χ1v) is 9.05.